The molecule has 0 aliphatic carbocycles. The van der Waals surface area contributed by atoms with Gasteiger partial charge in [0.25, 0.3) is 5.91 Å². The van der Waals surface area contributed by atoms with Gasteiger partial charge in [0.15, 0.2) is 0 Å². The highest BCUT2D eigenvalue weighted by molar-refractivity contribution is 5.98. The summed E-state index contributed by atoms with van der Waals surface area (Å²) in [6.07, 6.45) is 0.747. The number of fused-ring (bicyclic) bond motifs is 1. The number of hydrogen-bond donors (Lipinski definition) is 2. The summed E-state index contributed by atoms with van der Waals surface area (Å²) in [5.41, 5.74) is 8.89. The number of primary amides is 1. The van der Waals surface area contributed by atoms with E-state index in [0.717, 1.165) is 23.2 Å². The van der Waals surface area contributed by atoms with E-state index >= 15 is 0 Å². The maximum absolute atomic E-state index is 12.4. The standard InChI is InChI=1S/C19H19N3O3/c1-12(23)22-8-7-14-10-16(5-6-17(14)22)19(25)21-11-13-3-2-4-15(9-13)18(20)24/h2-6,9-10H,7-8,11H2,1H3,(H2,20,24)(H,21,25). The number of nitrogens with zero attached hydrogens (tertiary/aromatic N) is 1. The molecular formula is C19H19N3O3. The molecule has 0 unspecified atom stereocenters. The lowest BCUT2D eigenvalue weighted by Crippen LogP contribution is -2.26. The number of nitrogens with one attached hydrogen (secondary N) is 1. The highest BCUT2D eigenvalue weighted by Gasteiger charge is 2.23. The van der Waals surface area contributed by atoms with E-state index in [2.05, 4.69) is 5.32 Å². The Balaban J connectivity index is 1.69. The van der Waals surface area contributed by atoms with Gasteiger partial charge in [-0.15, -0.1) is 0 Å². The fourth-order valence-corrected chi connectivity index (χ4v) is 2.99. The molecule has 0 fully saturated rings. The first-order chi connectivity index (χ1) is 12.0. The van der Waals surface area contributed by atoms with Crippen LogP contribution >= 0.6 is 0 Å². The van der Waals surface area contributed by atoms with Crippen LogP contribution in [0.4, 0.5) is 5.69 Å². The van der Waals surface area contributed by atoms with E-state index in [9.17, 15) is 14.4 Å². The second kappa shape index (κ2) is 6.76. The lowest BCUT2D eigenvalue weighted by Gasteiger charge is -2.14. The van der Waals surface area contributed by atoms with Crippen LogP contribution in [0.5, 0.6) is 0 Å². The quantitative estimate of drug-likeness (QED) is 0.888. The molecule has 3 N–H and O–H groups in total. The highest BCUT2D eigenvalue weighted by Crippen LogP contribution is 2.28. The van der Waals surface area contributed by atoms with E-state index in [-0.39, 0.29) is 11.8 Å². The third-order valence-electron chi connectivity index (χ3n) is 4.28. The summed E-state index contributed by atoms with van der Waals surface area (Å²) in [6.45, 7) is 2.49. The molecule has 0 aromatic heterocycles. The highest BCUT2D eigenvalue weighted by atomic mass is 16.2. The molecule has 0 atom stereocenters. The molecule has 0 saturated carbocycles. The number of carbonyl (C=O) groups excluding carboxylic acids is 3. The van der Waals surface area contributed by atoms with Crippen molar-refractivity contribution < 1.29 is 14.4 Å². The predicted octanol–water partition coefficient (Wildman–Crippen LogP) is 1.62. The van der Waals surface area contributed by atoms with Crippen LogP contribution in [0.1, 0.15) is 38.8 Å². The van der Waals surface area contributed by atoms with Gasteiger partial charge in [-0.2, -0.15) is 0 Å². The lowest BCUT2D eigenvalue weighted by molar-refractivity contribution is -0.116. The Labute approximate surface area is 145 Å². The van der Waals surface area contributed by atoms with Crippen LogP contribution in [0.25, 0.3) is 0 Å². The first-order valence-corrected chi connectivity index (χ1v) is 8.03. The molecule has 1 heterocycles. The lowest BCUT2D eigenvalue weighted by atomic mass is 10.1. The van der Waals surface area contributed by atoms with Crippen LogP contribution < -0.4 is 16.0 Å². The monoisotopic (exact) mass is 337 g/mol. The zero-order valence-electron chi connectivity index (χ0n) is 13.9. The maximum atomic E-state index is 12.4. The van der Waals surface area contributed by atoms with Gasteiger partial charge in [-0.05, 0) is 47.9 Å². The van der Waals surface area contributed by atoms with Gasteiger partial charge >= 0.3 is 0 Å². The molecule has 1 aliphatic heterocycles. The van der Waals surface area contributed by atoms with Gasteiger partial charge in [0.1, 0.15) is 0 Å². The normalized spacial score (nSPS) is 12.6. The Hall–Kier alpha value is -3.15. The van der Waals surface area contributed by atoms with Gasteiger partial charge < -0.3 is 16.0 Å². The van der Waals surface area contributed by atoms with Crippen molar-refractivity contribution in [2.45, 2.75) is 19.9 Å². The molecule has 0 radical (unpaired) electrons. The zero-order valence-corrected chi connectivity index (χ0v) is 13.9. The van der Waals surface area contributed by atoms with Gasteiger partial charge in [-0.25, -0.2) is 0 Å². The van der Waals surface area contributed by atoms with Gasteiger partial charge in [0, 0.05) is 36.8 Å². The van der Waals surface area contributed by atoms with Crippen LogP contribution in [-0.2, 0) is 17.8 Å². The molecule has 0 spiro atoms. The van der Waals surface area contributed by atoms with Crippen LogP contribution in [-0.4, -0.2) is 24.3 Å². The number of rotatable bonds is 4. The Morgan fingerprint density at radius 3 is 2.64 bits per heavy atom. The summed E-state index contributed by atoms with van der Waals surface area (Å²) < 4.78 is 0. The number of anilines is 1. The van der Waals surface area contributed by atoms with Crippen LogP contribution in [0.2, 0.25) is 0 Å². The van der Waals surface area contributed by atoms with Gasteiger partial charge in [0.05, 0.1) is 0 Å². The molecular weight excluding hydrogens is 318 g/mol. The van der Waals surface area contributed by atoms with Crippen LogP contribution in [0.15, 0.2) is 42.5 Å². The van der Waals surface area contributed by atoms with Crippen molar-refractivity contribution in [3.8, 4) is 0 Å². The van der Waals surface area contributed by atoms with Crippen LogP contribution in [0.3, 0.4) is 0 Å². The first kappa shape index (κ1) is 16.7. The predicted molar refractivity (Wildman–Crippen MR) is 94.3 cm³/mol. The van der Waals surface area contributed by atoms with Crippen molar-refractivity contribution in [2.24, 2.45) is 5.73 Å². The van der Waals surface area contributed by atoms with Crippen molar-refractivity contribution in [1.29, 1.82) is 0 Å². The molecule has 3 amide bonds. The second-order valence-electron chi connectivity index (χ2n) is 6.01. The van der Waals surface area contributed by atoms with Gasteiger partial charge in [0.2, 0.25) is 11.8 Å². The summed E-state index contributed by atoms with van der Waals surface area (Å²) >= 11 is 0. The molecule has 0 bridgehead atoms. The van der Waals surface area contributed by atoms with E-state index in [1.54, 1.807) is 29.2 Å². The second-order valence-corrected chi connectivity index (χ2v) is 6.01. The fraction of sp³-hybridized carbons (Fsp3) is 0.211. The SMILES string of the molecule is CC(=O)N1CCc2cc(C(=O)NCc3cccc(C(N)=O)c3)ccc21. The first-order valence-electron chi connectivity index (χ1n) is 8.03. The van der Waals surface area contributed by atoms with Gasteiger partial charge in [-0.1, -0.05) is 12.1 Å². The Morgan fingerprint density at radius 2 is 1.92 bits per heavy atom. The summed E-state index contributed by atoms with van der Waals surface area (Å²) in [5, 5.41) is 2.83. The zero-order chi connectivity index (χ0) is 18.0. The van der Waals surface area contributed by atoms with E-state index < -0.39 is 5.91 Å². The minimum atomic E-state index is -0.498. The smallest absolute Gasteiger partial charge is 0.251 e. The average molecular weight is 337 g/mol. The summed E-state index contributed by atoms with van der Waals surface area (Å²) in [6, 6.07) is 12.2. The van der Waals surface area contributed by atoms with E-state index in [4.69, 9.17) is 5.73 Å². The van der Waals surface area contributed by atoms with Crippen molar-refractivity contribution in [3.63, 3.8) is 0 Å². The molecule has 3 rings (SSSR count). The van der Waals surface area contributed by atoms with Crippen molar-refractivity contribution in [1.82, 2.24) is 5.32 Å². The molecule has 6 nitrogen and oxygen atoms in total. The topological polar surface area (TPSA) is 92.5 Å². The summed E-state index contributed by atoms with van der Waals surface area (Å²) in [7, 11) is 0. The summed E-state index contributed by atoms with van der Waals surface area (Å²) in [5.74, 6) is -0.694. The minimum absolute atomic E-state index is 0.00489. The fourth-order valence-electron chi connectivity index (χ4n) is 2.99. The molecule has 1 aliphatic rings. The number of hydrogen-bond acceptors (Lipinski definition) is 3. The van der Waals surface area contributed by atoms with E-state index in [0.29, 0.717) is 24.2 Å². The number of amides is 3. The molecule has 25 heavy (non-hydrogen) atoms. The Bertz CT molecular complexity index is 861. The van der Waals surface area contributed by atoms with Crippen molar-refractivity contribution in [2.75, 3.05) is 11.4 Å². The maximum Gasteiger partial charge on any atom is 0.251 e. The number of carbonyl (C=O) groups is 3. The number of benzene rings is 2. The third kappa shape index (κ3) is 3.52. The minimum Gasteiger partial charge on any atom is -0.366 e. The summed E-state index contributed by atoms with van der Waals surface area (Å²) in [4.78, 5) is 36.9. The van der Waals surface area contributed by atoms with Crippen molar-refractivity contribution in [3.05, 3.63) is 64.7 Å². The number of nitrogens with two attached hydrogens (primary N) is 1. The van der Waals surface area contributed by atoms with E-state index in [1.165, 1.54) is 6.92 Å². The third-order valence-corrected chi connectivity index (χ3v) is 4.28. The molecule has 6 heteroatoms. The Kier molecular flexibility index (Phi) is 4.52. The molecule has 128 valence electrons. The average Bonchev–Trinajstić information content (AvgIpc) is 3.03. The largest absolute Gasteiger partial charge is 0.366 e. The molecule has 0 saturated heterocycles. The van der Waals surface area contributed by atoms with Gasteiger partial charge in [-0.3, -0.25) is 14.4 Å². The van der Waals surface area contributed by atoms with Crippen LogP contribution in [0, 0.1) is 0 Å². The molecule has 2 aromatic carbocycles. The molecule has 2 aromatic rings. The Morgan fingerprint density at radius 1 is 1.12 bits per heavy atom. The van der Waals surface area contributed by atoms with Crippen molar-refractivity contribution >= 4 is 23.4 Å². The van der Waals surface area contributed by atoms with E-state index in [1.807, 2.05) is 18.2 Å².